The molecule has 2 N–H and O–H groups in total. The molecule has 1 amide bonds. The molecule has 0 aliphatic rings. The molecule has 2 aromatic heterocycles. The quantitative estimate of drug-likeness (QED) is 0.777. The highest BCUT2D eigenvalue weighted by atomic mass is 16.4. The number of aromatic nitrogens is 4. The molecule has 9 nitrogen and oxygen atoms in total. The molecule has 0 aliphatic carbocycles. The van der Waals surface area contributed by atoms with Gasteiger partial charge in [-0.3, -0.25) is 4.79 Å². The summed E-state index contributed by atoms with van der Waals surface area (Å²) in [4.78, 5) is 23.9. The Morgan fingerprint density at radius 2 is 2.24 bits per heavy atom. The van der Waals surface area contributed by atoms with Crippen LogP contribution in [0.2, 0.25) is 0 Å². The van der Waals surface area contributed by atoms with Gasteiger partial charge in [0.25, 0.3) is 0 Å². The van der Waals surface area contributed by atoms with Gasteiger partial charge in [-0.1, -0.05) is 13.8 Å². The Morgan fingerprint density at radius 3 is 2.81 bits per heavy atom. The summed E-state index contributed by atoms with van der Waals surface area (Å²) in [5.41, 5.74) is 0. The van der Waals surface area contributed by atoms with Gasteiger partial charge < -0.3 is 14.8 Å². The number of carboxylic acid groups (broad SMARTS) is 1. The molecule has 0 aliphatic heterocycles. The molecule has 0 aromatic carbocycles. The normalized spacial score (nSPS) is 12.3. The predicted molar refractivity (Wildman–Crippen MR) is 69.9 cm³/mol. The number of nitrogens with one attached hydrogen (secondary N) is 1. The lowest BCUT2D eigenvalue weighted by atomic mass is 10.1. The fourth-order valence-electron chi connectivity index (χ4n) is 1.68. The zero-order valence-corrected chi connectivity index (χ0v) is 11.6. The Morgan fingerprint density at radius 1 is 1.48 bits per heavy atom. The van der Waals surface area contributed by atoms with E-state index in [0.29, 0.717) is 5.76 Å². The fourth-order valence-corrected chi connectivity index (χ4v) is 1.68. The van der Waals surface area contributed by atoms with Crippen molar-refractivity contribution >= 4 is 11.9 Å². The molecule has 2 heterocycles. The molecule has 2 rings (SSSR count). The van der Waals surface area contributed by atoms with E-state index in [9.17, 15) is 9.59 Å². The number of carboxylic acids is 1. The minimum atomic E-state index is -1.08. The number of furan rings is 1. The second-order valence-electron chi connectivity index (χ2n) is 4.75. The summed E-state index contributed by atoms with van der Waals surface area (Å²) >= 11 is 0. The molecule has 112 valence electrons. The van der Waals surface area contributed by atoms with E-state index in [-0.39, 0.29) is 18.3 Å². The van der Waals surface area contributed by atoms with Gasteiger partial charge in [0.05, 0.1) is 6.26 Å². The summed E-state index contributed by atoms with van der Waals surface area (Å²) in [6.07, 6.45) is 1.48. The third kappa shape index (κ3) is 3.65. The van der Waals surface area contributed by atoms with Crippen molar-refractivity contribution in [2.24, 2.45) is 5.92 Å². The van der Waals surface area contributed by atoms with Gasteiger partial charge in [-0.2, -0.15) is 4.80 Å². The molecule has 1 unspecified atom stereocenters. The standard InChI is InChI=1S/C12H15N5O4/c1-7(2)10(12(19)20)13-9(18)6-17-15-11(14-16-17)8-4-3-5-21-8/h3-5,7,10H,6H2,1-2H3,(H,13,18)(H,19,20). The van der Waals surface area contributed by atoms with Crippen molar-refractivity contribution in [3.63, 3.8) is 0 Å². The van der Waals surface area contributed by atoms with Crippen molar-refractivity contribution in [2.75, 3.05) is 0 Å². The molecule has 2 aromatic rings. The first-order valence-corrected chi connectivity index (χ1v) is 6.31. The summed E-state index contributed by atoms with van der Waals surface area (Å²) in [6.45, 7) is 3.20. The topological polar surface area (TPSA) is 123 Å². The third-order valence-electron chi connectivity index (χ3n) is 2.73. The minimum Gasteiger partial charge on any atom is -0.480 e. The summed E-state index contributed by atoms with van der Waals surface area (Å²) in [6, 6.07) is 2.40. The number of amides is 1. The van der Waals surface area contributed by atoms with Crippen LogP contribution >= 0.6 is 0 Å². The van der Waals surface area contributed by atoms with Gasteiger partial charge in [0.2, 0.25) is 11.7 Å². The van der Waals surface area contributed by atoms with Crippen LogP contribution in [-0.2, 0) is 16.1 Å². The molecule has 9 heteroatoms. The number of nitrogens with zero attached hydrogens (tertiary/aromatic N) is 4. The Hall–Kier alpha value is -2.71. The van der Waals surface area contributed by atoms with Crippen molar-refractivity contribution in [2.45, 2.75) is 26.4 Å². The molecule has 0 radical (unpaired) electrons. The van der Waals surface area contributed by atoms with Gasteiger partial charge in [-0.25, -0.2) is 4.79 Å². The van der Waals surface area contributed by atoms with Gasteiger partial charge >= 0.3 is 5.97 Å². The zero-order chi connectivity index (χ0) is 15.4. The van der Waals surface area contributed by atoms with Crippen molar-refractivity contribution in [3.8, 4) is 11.6 Å². The van der Waals surface area contributed by atoms with Crippen LogP contribution in [0, 0.1) is 5.92 Å². The molecule has 0 saturated heterocycles. The van der Waals surface area contributed by atoms with Crippen LogP contribution in [0.3, 0.4) is 0 Å². The van der Waals surface area contributed by atoms with Crippen LogP contribution in [0.15, 0.2) is 22.8 Å². The zero-order valence-electron chi connectivity index (χ0n) is 11.6. The van der Waals surface area contributed by atoms with E-state index in [2.05, 4.69) is 20.7 Å². The van der Waals surface area contributed by atoms with Crippen LogP contribution < -0.4 is 5.32 Å². The van der Waals surface area contributed by atoms with Crippen LogP contribution in [-0.4, -0.2) is 43.2 Å². The Balaban J connectivity index is 1.98. The highest BCUT2D eigenvalue weighted by Crippen LogP contribution is 2.12. The maximum Gasteiger partial charge on any atom is 0.326 e. The predicted octanol–water partition coefficient (Wildman–Crippen LogP) is 0.158. The van der Waals surface area contributed by atoms with Crippen LogP contribution in [0.25, 0.3) is 11.6 Å². The van der Waals surface area contributed by atoms with Crippen molar-refractivity contribution in [3.05, 3.63) is 18.4 Å². The molecule has 1 atom stereocenters. The first-order valence-electron chi connectivity index (χ1n) is 6.31. The van der Waals surface area contributed by atoms with Crippen LogP contribution in [0.1, 0.15) is 13.8 Å². The number of hydrogen-bond acceptors (Lipinski definition) is 6. The van der Waals surface area contributed by atoms with Gasteiger partial charge in [0.1, 0.15) is 12.6 Å². The lowest BCUT2D eigenvalue weighted by Gasteiger charge is -2.17. The number of tetrazole rings is 1. The van der Waals surface area contributed by atoms with Crippen molar-refractivity contribution < 1.29 is 19.1 Å². The first-order chi connectivity index (χ1) is 9.97. The minimum absolute atomic E-state index is 0.218. The summed E-state index contributed by atoms with van der Waals surface area (Å²) in [5.74, 6) is -1.12. The lowest BCUT2D eigenvalue weighted by molar-refractivity contribution is -0.143. The third-order valence-corrected chi connectivity index (χ3v) is 2.73. The SMILES string of the molecule is CC(C)C(NC(=O)Cn1nnc(-c2ccco2)n1)C(=O)O. The molecule has 0 saturated carbocycles. The molecule has 0 bridgehead atoms. The maximum absolute atomic E-state index is 11.8. The molecule has 0 fully saturated rings. The van der Waals surface area contributed by atoms with Crippen molar-refractivity contribution in [1.29, 1.82) is 0 Å². The second kappa shape index (κ2) is 6.16. The molecule has 0 spiro atoms. The van der Waals surface area contributed by atoms with E-state index < -0.39 is 17.9 Å². The second-order valence-corrected chi connectivity index (χ2v) is 4.75. The highest BCUT2D eigenvalue weighted by Gasteiger charge is 2.23. The molecular formula is C12H15N5O4. The smallest absolute Gasteiger partial charge is 0.326 e. The van der Waals surface area contributed by atoms with E-state index in [4.69, 9.17) is 9.52 Å². The fraction of sp³-hybridized carbons (Fsp3) is 0.417. The van der Waals surface area contributed by atoms with E-state index >= 15 is 0 Å². The number of carbonyl (C=O) groups excluding carboxylic acids is 1. The number of carbonyl (C=O) groups is 2. The Bertz CT molecular complexity index is 619. The van der Waals surface area contributed by atoms with E-state index in [0.717, 1.165) is 4.80 Å². The average molecular weight is 293 g/mol. The highest BCUT2D eigenvalue weighted by molar-refractivity contribution is 5.83. The van der Waals surface area contributed by atoms with Gasteiger partial charge in [-0.15, -0.1) is 10.2 Å². The van der Waals surface area contributed by atoms with Crippen LogP contribution in [0.5, 0.6) is 0 Å². The van der Waals surface area contributed by atoms with Gasteiger partial charge in [-0.05, 0) is 23.3 Å². The van der Waals surface area contributed by atoms with Gasteiger partial charge in [0.15, 0.2) is 5.76 Å². The summed E-state index contributed by atoms with van der Waals surface area (Å²) in [7, 11) is 0. The summed E-state index contributed by atoms with van der Waals surface area (Å²) in [5, 5.41) is 22.9. The van der Waals surface area contributed by atoms with E-state index in [1.54, 1.807) is 26.0 Å². The number of rotatable bonds is 6. The maximum atomic E-state index is 11.8. The first kappa shape index (κ1) is 14.7. The average Bonchev–Trinajstić information content (AvgIpc) is 3.05. The van der Waals surface area contributed by atoms with E-state index in [1.165, 1.54) is 6.26 Å². The summed E-state index contributed by atoms with van der Waals surface area (Å²) < 4.78 is 5.11. The van der Waals surface area contributed by atoms with Gasteiger partial charge in [0, 0.05) is 0 Å². The largest absolute Gasteiger partial charge is 0.480 e. The molecule has 21 heavy (non-hydrogen) atoms. The van der Waals surface area contributed by atoms with Crippen molar-refractivity contribution in [1.82, 2.24) is 25.5 Å². The van der Waals surface area contributed by atoms with E-state index in [1.807, 2.05) is 0 Å². The molecular weight excluding hydrogens is 278 g/mol. The van der Waals surface area contributed by atoms with Crippen LogP contribution in [0.4, 0.5) is 0 Å². The number of aliphatic carboxylic acids is 1. The lowest BCUT2D eigenvalue weighted by Crippen LogP contribution is -2.45. The monoisotopic (exact) mass is 293 g/mol. The number of hydrogen-bond donors (Lipinski definition) is 2. The Kier molecular flexibility index (Phi) is 4.31. The Labute approximate surface area is 119 Å².